The molecule has 0 spiro atoms. The summed E-state index contributed by atoms with van der Waals surface area (Å²) < 4.78 is 62.9. The molecule has 1 aliphatic rings. The Hall–Kier alpha value is -3.10. The standard InChI is InChI=1S/C22H21F4N3O2/c1-30-20-9-15(31-12-19-17(23)8-14(10-27-19)22(24,25)26)6-7-16(20)18-11-28-21(29-18)13-4-2-3-5-13/h6-11,13H,2-5,12H2,1H3,(H,28,29). The minimum absolute atomic E-state index is 0.217. The van der Waals surface area contributed by atoms with Crippen molar-refractivity contribution < 1.29 is 27.0 Å². The molecule has 164 valence electrons. The fourth-order valence-corrected chi connectivity index (χ4v) is 3.74. The number of methoxy groups -OCH3 is 1. The summed E-state index contributed by atoms with van der Waals surface area (Å²) in [7, 11) is 1.52. The van der Waals surface area contributed by atoms with E-state index in [1.807, 2.05) is 0 Å². The third-order valence-electron chi connectivity index (χ3n) is 5.42. The number of imidazole rings is 1. The lowest BCUT2D eigenvalue weighted by Crippen LogP contribution is -2.09. The van der Waals surface area contributed by atoms with Crippen molar-refractivity contribution in [2.75, 3.05) is 7.11 Å². The van der Waals surface area contributed by atoms with E-state index in [1.165, 1.54) is 20.0 Å². The van der Waals surface area contributed by atoms with Gasteiger partial charge in [0.2, 0.25) is 0 Å². The Labute approximate surface area is 176 Å². The summed E-state index contributed by atoms with van der Waals surface area (Å²) in [5, 5.41) is 0. The Morgan fingerprint density at radius 3 is 2.55 bits per heavy atom. The Morgan fingerprint density at radius 1 is 1.10 bits per heavy atom. The van der Waals surface area contributed by atoms with Gasteiger partial charge in [-0.15, -0.1) is 0 Å². The van der Waals surface area contributed by atoms with E-state index < -0.39 is 17.6 Å². The van der Waals surface area contributed by atoms with Gasteiger partial charge in [0.15, 0.2) is 0 Å². The number of H-pyrrole nitrogens is 1. The van der Waals surface area contributed by atoms with Gasteiger partial charge in [0.05, 0.1) is 24.6 Å². The van der Waals surface area contributed by atoms with Gasteiger partial charge in [-0.2, -0.15) is 13.2 Å². The SMILES string of the molecule is COc1cc(OCc2ncc(C(F)(F)F)cc2F)ccc1-c1cnc(C2CCCC2)[nH]1. The van der Waals surface area contributed by atoms with E-state index in [1.54, 1.807) is 24.4 Å². The zero-order valence-electron chi connectivity index (χ0n) is 16.8. The second-order valence-corrected chi connectivity index (χ2v) is 7.46. The number of nitrogens with one attached hydrogen (secondary N) is 1. The topological polar surface area (TPSA) is 60.0 Å². The molecule has 1 saturated carbocycles. The van der Waals surface area contributed by atoms with Crippen molar-refractivity contribution >= 4 is 0 Å². The smallest absolute Gasteiger partial charge is 0.417 e. The summed E-state index contributed by atoms with van der Waals surface area (Å²) in [6, 6.07) is 5.51. The molecule has 0 saturated heterocycles. The minimum Gasteiger partial charge on any atom is -0.496 e. The Kier molecular flexibility index (Phi) is 5.84. The molecule has 2 heterocycles. The molecule has 0 radical (unpaired) electrons. The van der Waals surface area contributed by atoms with Crippen molar-refractivity contribution in [2.45, 2.75) is 44.4 Å². The number of ether oxygens (including phenoxy) is 2. The predicted octanol–water partition coefficient (Wildman–Crippen LogP) is 5.87. The first-order valence-corrected chi connectivity index (χ1v) is 9.93. The van der Waals surface area contributed by atoms with Crippen molar-refractivity contribution in [3.05, 3.63) is 59.6 Å². The molecule has 0 aliphatic heterocycles. The Balaban J connectivity index is 1.48. The van der Waals surface area contributed by atoms with Crippen molar-refractivity contribution in [2.24, 2.45) is 0 Å². The number of aromatic amines is 1. The number of rotatable bonds is 6. The van der Waals surface area contributed by atoms with E-state index in [9.17, 15) is 17.6 Å². The summed E-state index contributed by atoms with van der Waals surface area (Å²) in [4.78, 5) is 11.4. The molecule has 9 heteroatoms. The second kappa shape index (κ2) is 8.56. The van der Waals surface area contributed by atoms with Crippen molar-refractivity contribution in [1.82, 2.24) is 15.0 Å². The quantitative estimate of drug-likeness (QED) is 0.492. The predicted molar refractivity (Wildman–Crippen MR) is 105 cm³/mol. The summed E-state index contributed by atoms with van der Waals surface area (Å²) in [5.74, 6) is 1.25. The first-order chi connectivity index (χ1) is 14.8. The van der Waals surface area contributed by atoms with Crippen LogP contribution in [0.15, 0.2) is 36.7 Å². The number of alkyl halides is 3. The van der Waals surface area contributed by atoms with Crippen LogP contribution in [0, 0.1) is 5.82 Å². The Morgan fingerprint density at radius 2 is 1.87 bits per heavy atom. The van der Waals surface area contributed by atoms with E-state index in [-0.39, 0.29) is 12.3 Å². The number of hydrogen-bond acceptors (Lipinski definition) is 4. The maximum absolute atomic E-state index is 14.0. The van der Waals surface area contributed by atoms with Crippen LogP contribution in [0.25, 0.3) is 11.3 Å². The zero-order chi connectivity index (χ0) is 22.0. The molecule has 1 fully saturated rings. The fourth-order valence-electron chi connectivity index (χ4n) is 3.74. The number of hydrogen-bond donors (Lipinski definition) is 1. The average molecular weight is 435 g/mol. The van der Waals surface area contributed by atoms with E-state index >= 15 is 0 Å². The Bertz CT molecular complexity index is 1060. The molecule has 0 unspecified atom stereocenters. The molecule has 3 aromatic rings. The third kappa shape index (κ3) is 4.65. The molecule has 1 N–H and O–H groups in total. The molecule has 1 aliphatic carbocycles. The van der Waals surface area contributed by atoms with Gasteiger partial charge in [0, 0.05) is 23.7 Å². The average Bonchev–Trinajstić information content (AvgIpc) is 3.43. The molecule has 31 heavy (non-hydrogen) atoms. The van der Waals surface area contributed by atoms with E-state index in [4.69, 9.17) is 9.47 Å². The molecule has 2 aromatic heterocycles. The van der Waals surface area contributed by atoms with Gasteiger partial charge in [-0.1, -0.05) is 12.8 Å². The highest BCUT2D eigenvalue weighted by Gasteiger charge is 2.32. The van der Waals surface area contributed by atoms with Crippen LogP contribution in [-0.4, -0.2) is 22.1 Å². The monoisotopic (exact) mass is 435 g/mol. The maximum atomic E-state index is 14.0. The van der Waals surface area contributed by atoms with Crippen molar-refractivity contribution in [1.29, 1.82) is 0 Å². The number of benzene rings is 1. The second-order valence-electron chi connectivity index (χ2n) is 7.46. The van der Waals surface area contributed by atoms with Crippen LogP contribution in [0.4, 0.5) is 17.6 Å². The molecular weight excluding hydrogens is 414 g/mol. The van der Waals surface area contributed by atoms with Gasteiger partial charge < -0.3 is 14.5 Å². The van der Waals surface area contributed by atoms with Crippen molar-refractivity contribution in [3.8, 4) is 22.8 Å². The van der Waals surface area contributed by atoms with Crippen LogP contribution in [0.5, 0.6) is 11.5 Å². The molecule has 0 atom stereocenters. The van der Waals surface area contributed by atoms with Crippen LogP contribution in [0.2, 0.25) is 0 Å². The third-order valence-corrected chi connectivity index (χ3v) is 5.42. The molecule has 0 bridgehead atoms. The van der Waals surface area contributed by atoms with Crippen molar-refractivity contribution in [3.63, 3.8) is 0 Å². The van der Waals surface area contributed by atoms with Gasteiger partial charge in [0.25, 0.3) is 0 Å². The first kappa shape index (κ1) is 21.1. The first-order valence-electron chi connectivity index (χ1n) is 9.93. The summed E-state index contributed by atoms with van der Waals surface area (Å²) in [6.45, 7) is -0.317. The van der Waals surface area contributed by atoms with Gasteiger partial charge in [-0.05, 0) is 31.0 Å². The normalized spacial score (nSPS) is 14.7. The van der Waals surface area contributed by atoms with Crippen LogP contribution in [0.1, 0.15) is 48.7 Å². The minimum atomic E-state index is -4.65. The maximum Gasteiger partial charge on any atom is 0.417 e. The van der Waals surface area contributed by atoms with Gasteiger partial charge in [-0.3, -0.25) is 4.98 Å². The van der Waals surface area contributed by atoms with E-state index in [0.717, 1.165) is 29.9 Å². The van der Waals surface area contributed by atoms with Gasteiger partial charge in [-0.25, -0.2) is 9.37 Å². The summed E-state index contributed by atoms with van der Waals surface area (Å²) >= 11 is 0. The molecule has 4 rings (SSSR count). The van der Waals surface area contributed by atoms with Gasteiger partial charge in [0.1, 0.15) is 35.4 Å². The molecule has 0 amide bonds. The molecule has 1 aromatic carbocycles. The van der Waals surface area contributed by atoms with Crippen LogP contribution in [0.3, 0.4) is 0 Å². The van der Waals surface area contributed by atoms with E-state index in [0.29, 0.717) is 29.7 Å². The van der Waals surface area contributed by atoms with Crippen LogP contribution >= 0.6 is 0 Å². The fraction of sp³-hybridized carbons (Fsp3) is 0.364. The highest BCUT2D eigenvalue weighted by Crippen LogP contribution is 2.36. The lowest BCUT2D eigenvalue weighted by molar-refractivity contribution is -0.138. The molecule has 5 nitrogen and oxygen atoms in total. The summed E-state index contributed by atoms with van der Waals surface area (Å²) in [6.07, 6.45) is 2.39. The zero-order valence-corrected chi connectivity index (χ0v) is 16.8. The largest absolute Gasteiger partial charge is 0.496 e. The number of aromatic nitrogens is 3. The van der Waals surface area contributed by atoms with Crippen LogP contribution < -0.4 is 9.47 Å². The lowest BCUT2D eigenvalue weighted by Gasteiger charge is -2.12. The number of nitrogens with zero attached hydrogens (tertiary/aromatic N) is 2. The highest BCUT2D eigenvalue weighted by atomic mass is 19.4. The van der Waals surface area contributed by atoms with Crippen LogP contribution in [-0.2, 0) is 12.8 Å². The van der Waals surface area contributed by atoms with Gasteiger partial charge >= 0.3 is 6.18 Å². The highest BCUT2D eigenvalue weighted by molar-refractivity contribution is 5.68. The summed E-state index contributed by atoms with van der Waals surface area (Å²) in [5.41, 5.74) is 0.258. The number of halogens is 4. The number of pyridine rings is 1. The molecular formula is C22H21F4N3O2. The lowest BCUT2D eigenvalue weighted by atomic mass is 10.1. The van der Waals surface area contributed by atoms with E-state index in [2.05, 4.69) is 15.0 Å².